The first-order valence-corrected chi connectivity index (χ1v) is 11.0. The normalized spacial score (nSPS) is 11.3. The molecule has 0 fully saturated rings. The molecule has 2 amide bonds. The Morgan fingerprint density at radius 1 is 0.973 bits per heavy atom. The second-order valence-electron chi connectivity index (χ2n) is 7.28. The smallest absolute Gasteiger partial charge is 0.416 e. The fraction of sp³-hybridized carbons (Fsp3) is 0.125. The van der Waals surface area contributed by atoms with E-state index in [4.69, 9.17) is 32.7 Å². The van der Waals surface area contributed by atoms with Gasteiger partial charge in [-0.2, -0.15) is 18.3 Å². The summed E-state index contributed by atoms with van der Waals surface area (Å²) in [5.41, 5.74) is 1.53. The molecule has 0 unspecified atom stereocenters. The van der Waals surface area contributed by atoms with E-state index in [9.17, 15) is 27.2 Å². The molecule has 0 saturated heterocycles. The Bertz CT molecular complexity index is 1350. The zero-order valence-corrected chi connectivity index (χ0v) is 20.3. The Morgan fingerprint density at radius 3 is 2.41 bits per heavy atom. The van der Waals surface area contributed by atoms with Gasteiger partial charge in [0, 0.05) is 5.56 Å². The van der Waals surface area contributed by atoms with Crippen molar-refractivity contribution >= 4 is 46.9 Å². The van der Waals surface area contributed by atoms with Gasteiger partial charge in [0.1, 0.15) is 12.4 Å². The maximum Gasteiger partial charge on any atom is 0.416 e. The third kappa shape index (κ3) is 7.58. The highest BCUT2D eigenvalue weighted by atomic mass is 35.5. The lowest BCUT2D eigenvalue weighted by atomic mass is 10.2. The summed E-state index contributed by atoms with van der Waals surface area (Å²) in [6.07, 6.45) is -3.46. The van der Waals surface area contributed by atoms with Crippen LogP contribution in [0.3, 0.4) is 0 Å². The molecule has 0 heterocycles. The predicted octanol–water partition coefficient (Wildman–Crippen LogP) is 5.83. The average molecular weight is 558 g/mol. The highest BCUT2D eigenvalue weighted by Gasteiger charge is 2.31. The Hall–Kier alpha value is -3.83. The fourth-order valence-electron chi connectivity index (χ4n) is 2.87. The van der Waals surface area contributed by atoms with Gasteiger partial charge in [0.2, 0.25) is 0 Å². The minimum Gasteiger partial charge on any atom is -0.493 e. The number of halogens is 6. The molecule has 0 saturated carbocycles. The van der Waals surface area contributed by atoms with Gasteiger partial charge >= 0.3 is 18.0 Å². The van der Waals surface area contributed by atoms with Gasteiger partial charge in [0.25, 0.3) is 0 Å². The Morgan fingerprint density at radius 2 is 1.73 bits per heavy atom. The summed E-state index contributed by atoms with van der Waals surface area (Å²) in [4.78, 5) is 24.0. The molecular weight excluding hydrogens is 541 g/mol. The highest BCUT2D eigenvalue weighted by Crippen LogP contribution is 2.34. The summed E-state index contributed by atoms with van der Waals surface area (Å²) in [6.45, 7) is 0.0456. The number of anilines is 1. The molecule has 13 heteroatoms. The van der Waals surface area contributed by atoms with E-state index in [0.717, 1.165) is 12.1 Å². The van der Waals surface area contributed by atoms with Crippen LogP contribution in [0.4, 0.5) is 23.2 Å². The van der Waals surface area contributed by atoms with Crippen molar-refractivity contribution in [2.75, 3.05) is 12.4 Å². The molecule has 0 radical (unpaired) electrons. The number of rotatable bonds is 7. The Balaban J connectivity index is 1.60. The average Bonchev–Trinajstić information content (AvgIpc) is 2.84. The molecule has 194 valence electrons. The SMILES string of the molecule is COc1cc(C=NNC(=O)C(=O)Nc2cc(C(F)(F)F)ccc2Cl)ccc1OCc1ccc(F)cc1Cl. The molecule has 0 aromatic heterocycles. The molecule has 37 heavy (non-hydrogen) atoms. The van der Waals surface area contributed by atoms with Crippen molar-refractivity contribution in [3.63, 3.8) is 0 Å². The summed E-state index contributed by atoms with van der Waals surface area (Å²) < 4.78 is 62.7. The molecule has 0 atom stereocenters. The van der Waals surface area contributed by atoms with Crippen LogP contribution in [-0.4, -0.2) is 25.1 Å². The van der Waals surface area contributed by atoms with Crippen molar-refractivity contribution in [3.05, 3.63) is 87.2 Å². The lowest BCUT2D eigenvalue weighted by molar-refractivity contribution is -0.137. The second kappa shape index (κ2) is 11.9. The molecule has 2 N–H and O–H groups in total. The van der Waals surface area contributed by atoms with Gasteiger partial charge < -0.3 is 14.8 Å². The van der Waals surface area contributed by atoms with E-state index in [1.807, 2.05) is 10.7 Å². The molecular formula is C24H17Cl2F4N3O4. The molecule has 0 aliphatic rings. The van der Waals surface area contributed by atoms with Crippen molar-refractivity contribution in [2.24, 2.45) is 5.10 Å². The fourth-order valence-corrected chi connectivity index (χ4v) is 3.26. The largest absolute Gasteiger partial charge is 0.493 e. The number of carbonyl (C=O) groups excluding carboxylic acids is 2. The number of hydrogen-bond acceptors (Lipinski definition) is 5. The monoisotopic (exact) mass is 557 g/mol. The number of hydrazone groups is 1. The molecule has 3 aromatic carbocycles. The third-order valence-corrected chi connectivity index (χ3v) is 5.40. The topological polar surface area (TPSA) is 89.0 Å². The number of alkyl halides is 3. The van der Waals surface area contributed by atoms with Crippen LogP contribution in [0.25, 0.3) is 0 Å². The van der Waals surface area contributed by atoms with E-state index in [0.29, 0.717) is 28.7 Å². The van der Waals surface area contributed by atoms with E-state index in [2.05, 4.69) is 5.10 Å². The van der Waals surface area contributed by atoms with Crippen LogP contribution in [0.1, 0.15) is 16.7 Å². The zero-order chi connectivity index (χ0) is 27.2. The number of nitrogens with zero attached hydrogens (tertiary/aromatic N) is 1. The van der Waals surface area contributed by atoms with E-state index < -0.39 is 29.4 Å². The van der Waals surface area contributed by atoms with Gasteiger partial charge in [0.05, 0.1) is 34.6 Å². The first kappa shape index (κ1) is 27.8. The lowest BCUT2D eigenvalue weighted by Gasteiger charge is -2.12. The van der Waals surface area contributed by atoms with Crippen molar-refractivity contribution in [1.29, 1.82) is 0 Å². The maximum atomic E-state index is 13.2. The summed E-state index contributed by atoms with van der Waals surface area (Å²) in [5, 5.41) is 5.68. The standard InChI is InChI=1S/C24H17Cl2F4N3O4/c1-36-21-8-13(2-7-20(21)37-12-14-3-5-16(27)10-18(14)26)11-31-33-23(35)22(34)32-19-9-15(24(28,29)30)4-6-17(19)25/h2-11H,12H2,1H3,(H,32,34)(H,33,35). The zero-order valence-electron chi connectivity index (χ0n) is 18.8. The minimum atomic E-state index is -4.66. The predicted molar refractivity (Wildman–Crippen MR) is 130 cm³/mol. The van der Waals surface area contributed by atoms with Crippen LogP contribution < -0.4 is 20.2 Å². The molecule has 7 nitrogen and oxygen atoms in total. The van der Waals surface area contributed by atoms with Crippen molar-refractivity contribution in [1.82, 2.24) is 5.43 Å². The first-order chi connectivity index (χ1) is 17.5. The maximum absolute atomic E-state index is 13.2. The number of amides is 2. The highest BCUT2D eigenvalue weighted by molar-refractivity contribution is 6.41. The van der Waals surface area contributed by atoms with Gasteiger partial charge in [0.15, 0.2) is 11.5 Å². The van der Waals surface area contributed by atoms with Crippen LogP contribution >= 0.6 is 23.2 Å². The molecule has 3 rings (SSSR count). The molecule has 0 spiro atoms. The van der Waals surface area contributed by atoms with Crippen molar-refractivity contribution in [3.8, 4) is 11.5 Å². The number of ether oxygens (including phenoxy) is 2. The number of methoxy groups -OCH3 is 1. The quantitative estimate of drug-likeness (QED) is 0.165. The Kier molecular flexibility index (Phi) is 8.95. The number of benzene rings is 3. The van der Waals surface area contributed by atoms with Crippen LogP contribution in [-0.2, 0) is 22.4 Å². The first-order valence-electron chi connectivity index (χ1n) is 10.2. The van der Waals surface area contributed by atoms with Crippen LogP contribution in [0, 0.1) is 5.82 Å². The van der Waals surface area contributed by atoms with E-state index >= 15 is 0 Å². The summed E-state index contributed by atoms with van der Waals surface area (Å²) in [7, 11) is 1.40. The van der Waals surface area contributed by atoms with E-state index in [1.165, 1.54) is 37.6 Å². The van der Waals surface area contributed by atoms with Crippen molar-refractivity contribution in [2.45, 2.75) is 12.8 Å². The Labute approximate surface area is 218 Å². The molecule has 3 aromatic rings. The summed E-state index contributed by atoms with van der Waals surface area (Å²) in [5.74, 6) is -2.34. The second-order valence-corrected chi connectivity index (χ2v) is 8.09. The molecule has 0 aliphatic heterocycles. The van der Waals surface area contributed by atoms with Crippen LogP contribution in [0.2, 0.25) is 10.0 Å². The van der Waals surface area contributed by atoms with Gasteiger partial charge in [-0.05, 0) is 54.1 Å². The lowest BCUT2D eigenvalue weighted by Crippen LogP contribution is -2.32. The van der Waals surface area contributed by atoms with Crippen molar-refractivity contribution < 1.29 is 36.6 Å². The molecule has 0 aliphatic carbocycles. The van der Waals surface area contributed by atoms with Gasteiger partial charge in [-0.25, -0.2) is 9.82 Å². The van der Waals surface area contributed by atoms with E-state index in [1.54, 1.807) is 12.1 Å². The van der Waals surface area contributed by atoms with Gasteiger partial charge in [-0.3, -0.25) is 9.59 Å². The van der Waals surface area contributed by atoms with E-state index in [-0.39, 0.29) is 22.3 Å². The summed E-state index contributed by atoms with van der Waals surface area (Å²) >= 11 is 11.8. The number of nitrogens with one attached hydrogen (secondary N) is 2. The number of carbonyl (C=O) groups is 2. The number of hydrogen-bond donors (Lipinski definition) is 2. The molecule has 0 bridgehead atoms. The minimum absolute atomic E-state index is 0.0456. The third-order valence-electron chi connectivity index (χ3n) is 4.71. The van der Waals surface area contributed by atoms with Crippen LogP contribution in [0.15, 0.2) is 59.7 Å². The van der Waals surface area contributed by atoms with Gasteiger partial charge in [-0.15, -0.1) is 0 Å². The summed E-state index contributed by atoms with van der Waals surface area (Å²) in [6, 6.07) is 10.9. The van der Waals surface area contributed by atoms with Crippen LogP contribution in [0.5, 0.6) is 11.5 Å². The van der Waals surface area contributed by atoms with Gasteiger partial charge in [-0.1, -0.05) is 29.3 Å².